The maximum Gasteiger partial charge on any atom is 0.191 e. The quantitative estimate of drug-likeness (QED) is 0.395. The number of nitrogens with zero attached hydrogens (tertiary/aromatic N) is 3. The van der Waals surface area contributed by atoms with E-state index in [0.29, 0.717) is 6.54 Å². The Morgan fingerprint density at radius 3 is 2.45 bits per heavy atom. The minimum Gasteiger partial charge on any atom is -0.497 e. The molecule has 3 aromatic rings. The number of aliphatic hydroxyl groups is 1. The molecule has 0 fully saturated rings. The summed E-state index contributed by atoms with van der Waals surface area (Å²) in [6.07, 6.45) is -0.442. The molecule has 3 N–H and O–H groups in total. The van der Waals surface area contributed by atoms with E-state index in [2.05, 4.69) is 33.9 Å². The van der Waals surface area contributed by atoms with Crippen molar-refractivity contribution in [2.24, 2.45) is 0 Å². The fraction of sp³-hybridized carbons (Fsp3) is 0.364. The van der Waals surface area contributed by atoms with E-state index < -0.39 is 6.10 Å². The first-order valence-electron chi connectivity index (χ1n) is 9.87. The summed E-state index contributed by atoms with van der Waals surface area (Å²) in [5.74, 6) is 2.59. The van der Waals surface area contributed by atoms with E-state index in [9.17, 15) is 5.11 Å². The summed E-state index contributed by atoms with van der Waals surface area (Å²) in [7, 11) is 1.66. The summed E-state index contributed by atoms with van der Waals surface area (Å²) in [5.41, 5.74) is 1.98. The predicted molar refractivity (Wildman–Crippen MR) is 116 cm³/mol. The van der Waals surface area contributed by atoms with Crippen LogP contribution in [0.5, 0.6) is 5.75 Å². The molecule has 0 spiro atoms. The van der Waals surface area contributed by atoms with Gasteiger partial charge in [-0.1, -0.05) is 42.1 Å². The van der Waals surface area contributed by atoms with Crippen LogP contribution in [-0.2, 0) is 0 Å². The van der Waals surface area contributed by atoms with E-state index in [1.807, 2.05) is 54.6 Å². The standard InChI is InChI=1S/C22H28N4O2S/c1-16(2)26-21(18-9-11-19(28-3)12-10-18)24-25-22(26)29-14-13-23-15-20(27)17-7-5-4-6-8-17/h4-12,16,20,23,27H,13-15H2,1-3H3/p+1/t20-/m1/s1. The van der Waals surface area contributed by atoms with Crippen LogP contribution in [0.15, 0.2) is 59.8 Å². The molecule has 0 aliphatic heterocycles. The molecule has 0 saturated carbocycles. The predicted octanol–water partition coefficient (Wildman–Crippen LogP) is 2.92. The third-order valence-electron chi connectivity index (χ3n) is 4.66. The lowest BCUT2D eigenvalue weighted by atomic mass is 10.1. The molecular weight excluding hydrogens is 384 g/mol. The van der Waals surface area contributed by atoms with Gasteiger partial charge in [-0.05, 0) is 43.7 Å². The van der Waals surface area contributed by atoms with E-state index in [-0.39, 0.29) is 6.04 Å². The number of aromatic nitrogens is 3. The highest BCUT2D eigenvalue weighted by Gasteiger charge is 2.17. The van der Waals surface area contributed by atoms with Crippen LogP contribution in [0.2, 0.25) is 0 Å². The van der Waals surface area contributed by atoms with E-state index >= 15 is 0 Å². The lowest BCUT2D eigenvalue weighted by Crippen LogP contribution is -2.85. The van der Waals surface area contributed by atoms with Crippen molar-refractivity contribution in [3.05, 3.63) is 60.2 Å². The molecular formula is C22H29N4O2S+. The van der Waals surface area contributed by atoms with Crippen molar-refractivity contribution in [2.45, 2.75) is 31.1 Å². The van der Waals surface area contributed by atoms with E-state index in [4.69, 9.17) is 4.74 Å². The highest BCUT2D eigenvalue weighted by atomic mass is 32.2. The fourth-order valence-corrected chi connectivity index (χ4v) is 4.10. The van der Waals surface area contributed by atoms with Crippen LogP contribution in [0.4, 0.5) is 0 Å². The topological polar surface area (TPSA) is 76.8 Å². The lowest BCUT2D eigenvalue weighted by molar-refractivity contribution is -0.657. The number of quaternary nitrogens is 1. The van der Waals surface area contributed by atoms with Gasteiger partial charge < -0.3 is 15.2 Å². The summed E-state index contributed by atoms with van der Waals surface area (Å²) in [5, 5.41) is 22.2. The van der Waals surface area contributed by atoms with Gasteiger partial charge in [-0.25, -0.2) is 0 Å². The maximum atomic E-state index is 10.2. The van der Waals surface area contributed by atoms with Crippen molar-refractivity contribution in [3.8, 4) is 17.1 Å². The molecule has 29 heavy (non-hydrogen) atoms. The number of benzene rings is 2. The number of nitrogens with two attached hydrogens (primary N) is 1. The average molecular weight is 414 g/mol. The first-order chi connectivity index (χ1) is 14.1. The van der Waals surface area contributed by atoms with Gasteiger partial charge >= 0.3 is 0 Å². The van der Waals surface area contributed by atoms with E-state index in [0.717, 1.165) is 40.2 Å². The van der Waals surface area contributed by atoms with Crippen LogP contribution in [0, 0.1) is 0 Å². The van der Waals surface area contributed by atoms with Crippen molar-refractivity contribution in [1.82, 2.24) is 14.8 Å². The van der Waals surface area contributed by atoms with E-state index in [1.54, 1.807) is 18.9 Å². The normalized spacial score (nSPS) is 12.3. The summed E-state index contributed by atoms with van der Waals surface area (Å²) < 4.78 is 7.41. The number of hydrogen-bond acceptors (Lipinski definition) is 5. The Labute approximate surface area is 176 Å². The summed E-state index contributed by atoms with van der Waals surface area (Å²) in [6, 6.07) is 17.9. The van der Waals surface area contributed by atoms with Gasteiger partial charge in [0.1, 0.15) is 18.4 Å². The second kappa shape index (κ2) is 10.4. The van der Waals surface area contributed by atoms with E-state index in [1.165, 1.54) is 0 Å². The molecule has 3 rings (SSSR count). The van der Waals surface area contributed by atoms with Crippen molar-refractivity contribution in [2.75, 3.05) is 26.0 Å². The first-order valence-corrected chi connectivity index (χ1v) is 10.9. The minimum atomic E-state index is -0.442. The molecule has 0 amide bonds. The maximum absolute atomic E-state index is 10.2. The zero-order valence-corrected chi connectivity index (χ0v) is 18.0. The van der Waals surface area contributed by atoms with Crippen LogP contribution in [-0.4, -0.2) is 45.8 Å². The first kappa shape index (κ1) is 21.4. The molecule has 1 aromatic heterocycles. The third kappa shape index (κ3) is 5.59. The molecule has 0 aliphatic rings. The van der Waals surface area contributed by atoms with Gasteiger partial charge in [0, 0.05) is 11.6 Å². The van der Waals surface area contributed by atoms with Crippen LogP contribution in [0.3, 0.4) is 0 Å². The van der Waals surface area contributed by atoms with Crippen LogP contribution >= 0.6 is 11.8 Å². The van der Waals surface area contributed by atoms with Gasteiger partial charge in [-0.15, -0.1) is 10.2 Å². The van der Waals surface area contributed by atoms with Gasteiger partial charge in [-0.2, -0.15) is 0 Å². The van der Waals surface area contributed by atoms with Crippen molar-refractivity contribution >= 4 is 11.8 Å². The van der Waals surface area contributed by atoms with Gasteiger partial charge in [-0.3, -0.25) is 4.57 Å². The largest absolute Gasteiger partial charge is 0.497 e. The molecule has 154 valence electrons. The molecule has 2 aromatic carbocycles. The minimum absolute atomic E-state index is 0.258. The highest BCUT2D eigenvalue weighted by Crippen LogP contribution is 2.28. The molecule has 0 saturated heterocycles. The second-order valence-corrected chi connectivity index (χ2v) is 8.15. The van der Waals surface area contributed by atoms with Crippen molar-refractivity contribution in [3.63, 3.8) is 0 Å². The molecule has 1 atom stereocenters. The molecule has 1 heterocycles. The van der Waals surface area contributed by atoms with Crippen molar-refractivity contribution < 1.29 is 15.2 Å². The van der Waals surface area contributed by atoms with Crippen LogP contribution < -0.4 is 10.1 Å². The zero-order chi connectivity index (χ0) is 20.6. The van der Waals surface area contributed by atoms with Crippen LogP contribution in [0.25, 0.3) is 11.4 Å². The Bertz CT molecular complexity index is 882. The smallest absolute Gasteiger partial charge is 0.191 e. The lowest BCUT2D eigenvalue weighted by Gasteiger charge is -2.14. The highest BCUT2D eigenvalue weighted by molar-refractivity contribution is 7.99. The summed E-state index contributed by atoms with van der Waals surface area (Å²) in [6.45, 7) is 5.83. The van der Waals surface area contributed by atoms with Crippen LogP contribution in [0.1, 0.15) is 31.6 Å². The Hall–Kier alpha value is -2.35. The fourth-order valence-electron chi connectivity index (χ4n) is 3.10. The number of ether oxygens (including phenoxy) is 1. The van der Waals surface area contributed by atoms with Gasteiger partial charge in [0.2, 0.25) is 0 Å². The molecule has 6 nitrogen and oxygen atoms in total. The number of rotatable bonds is 10. The monoisotopic (exact) mass is 413 g/mol. The number of thioether (sulfide) groups is 1. The van der Waals surface area contributed by atoms with Gasteiger partial charge in [0.25, 0.3) is 0 Å². The Balaban J connectivity index is 1.56. The van der Waals surface area contributed by atoms with Crippen molar-refractivity contribution in [1.29, 1.82) is 0 Å². The molecule has 0 radical (unpaired) electrons. The number of hydrogen-bond donors (Lipinski definition) is 2. The summed E-state index contributed by atoms with van der Waals surface area (Å²) >= 11 is 1.70. The molecule has 0 unspecified atom stereocenters. The number of aliphatic hydroxyl groups excluding tert-OH is 1. The molecule has 7 heteroatoms. The number of methoxy groups -OCH3 is 1. The average Bonchev–Trinajstić information content (AvgIpc) is 3.18. The Morgan fingerprint density at radius 1 is 1.07 bits per heavy atom. The van der Waals surface area contributed by atoms with Gasteiger partial charge in [0.05, 0.1) is 19.4 Å². The SMILES string of the molecule is COc1ccc(-c2nnc(SCC[NH2+]C[C@@H](O)c3ccccc3)n2C(C)C)cc1. The Morgan fingerprint density at radius 2 is 1.79 bits per heavy atom. The molecule has 0 bridgehead atoms. The third-order valence-corrected chi connectivity index (χ3v) is 5.63. The van der Waals surface area contributed by atoms with Gasteiger partial charge in [0.15, 0.2) is 11.0 Å². The zero-order valence-electron chi connectivity index (χ0n) is 17.2. The Kier molecular flexibility index (Phi) is 7.69. The molecule has 0 aliphatic carbocycles. The summed E-state index contributed by atoms with van der Waals surface area (Å²) in [4.78, 5) is 0. The second-order valence-electron chi connectivity index (χ2n) is 7.09.